The van der Waals surface area contributed by atoms with Crippen molar-refractivity contribution < 1.29 is 8.78 Å². The van der Waals surface area contributed by atoms with E-state index >= 15 is 0 Å². The van der Waals surface area contributed by atoms with Crippen LogP contribution in [-0.4, -0.2) is 6.54 Å². The van der Waals surface area contributed by atoms with Gasteiger partial charge >= 0.3 is 0 Å². The summed E-state index contributed by atoms with van der Waals surface area (Å²) in [6.07, 6.45) is 0. The van der Waals surface area contributed by atoms with Crippen LogP contribution in [0.5, 0.6) is 0 Å². The number of halogens is 2. The van der Waals surface area contributed by atoms with Crippen molar-refractivity contribution in [2.24, 2.45) is 5.73 Å². The predicted molar refractivity (Wildman–Crippen MR) is 70.8 cm³/mol. The van der Waals surface area contributed by atoms with E-state index in [1.54, 1.807) is 24.3 Å². The van der Waals surface area contributed by atoms with E-state index in [2.05, 4.69) is 0 Å². The third-order valence-electron chi connectivity index (χ3n) is 3.60. The summed E-state index contributed by atoms with van der Waals surface area (Å²) in [5, 5.41) is 0. The minimum absolute atomic E-state index is 0.178. The van der Waals surface area contributed by atoms with Crippen LogP contribution in [0.4, 0.5) is 14.5 Å². The molecule has 1 heterocycles. The maximum atomic E-state index is 13.9. The van der Waals surface area contributed by atoms with E-state index in [1.165, 1.54) is 12.1 Å². The highest BCUT2D eigenvalue weighted by molar-refractivity contribution is 5.55. The van der Waals surface area contributed by atoms with E-state index in [1.807, 2.05) is 11.0 Å². The van der Waals surface area contributed by atoms with Crippen molar-refractivity contribution in [3.8, 4) is 0 Å². The first-order valence-corrected chi connectivity index (χ1v) is 6.21. The minimum Gasteiger partial charge on any atom is -0.356 e. The molecule has 2 nitrogen and oxygen atoms in total. The van der Waals surface area contributed by atoms with Gasteiger partial charge in [-0.05, 0) is 23.8 Å². The molecule has 2 aromatic rings. The molecule has 2 aromatic carbocycles. The Morgan fingerprint density at radius 3 is 2.53 bits per heavy atom. The van der Waals surface area contributed by atoms with Crippen LogP contribution >= 0.6 is 0 Å². The molecule has 0 bridgehead atoms. The van der Waals surface area contributed by atoms with E-state index < -0.39 is 0 Å². The molecule has 98 valence electrons. The van der Waals surface area contributed by atoms with Crippen LogP contribution in [0.2, 0.25) is 0 Å². The summed E-state index contributed by atoms with van der Waals surface area (Å²) in [7, 11) is 0. The van der Waals surface area contributed by atoms with Crippen LogP contribution in [0.3, 0.4) is 0 Å². The molecule has 0 saturated heterocycles. The normalized spacial score (nSPS) is 17.6. The molecule has 0 aliphatic carbocycles. The van der Waals surface area contributed by atoms with Gasteiger partial charge in [-0.3, -0.25) is 0 Å². The van der Waals surface area contributed by atoms with E-state index in [0.29, 0.717) is 24.3 Å². The Morgan fingerprint density at radius 1 is 1.05 bits per heavy atom. The molecular formula is C15H14F2N2. The highest BCUT2D eigenvalue weighted by atomic mass is 19.1. The van der Waals surface area contributed by atoms with Crippen molar-refractivity contribution in [2.45, 2.75) is 12.6 Å². The van der Waals surface area contributed by atoms with Gasteiger partial charge in [0.05, 0.1) is 11.7 Å². The third-order valence-corrected chi connectivity index (χ3v) is 3.60. The Labute approximate surface area is 110 Å². The van der Waals surface area contributed by atoms with Gasteiger partial charge in [0, 0.05) is 18.7 Å². The van der Waals surface area contributed by atoms with E-state index in [4.69, 9.17) is 5.73 Å². The van der Waals surface area contributed by atoms with Crippen LogP contribution in [0.1, 0.15) is 17.2 Å². The number of anilines is 1. The standard InChI is InChI=1S/C15H14F2N2/c16-12-6-3-4-10-11(12)9-19(15(10)8-18)14-7-2-1-5-13(14)17/h1-7,15H,8-9,18H2. The number of benzene rings is 2. The lowest BCUT2D eigenvalue weighted by atomic mass is 10.0. The summed E-state index contributed by atoms with van der Waals surface area (Å²) >= 11 is 0. The molecule has 1 aliphatic rings. The van der Waals surface area contributed by atoms with Crippen LogP contribution in [0.25, 0.3) is 0 Å². The maximum absolute atomic E-state index is 13.9. The van der Waals surface area contributed by atoms with Gasteiger partial charge in [-0.1, -0.05) is 24.3 Å². The second-order valence-corrected chi connectivity index (χ2v) is 4.64. The summed E-state index contributed by atoms with van der Waals surface area (Å²) in [4.78, 5) is 1.82. The zero-order valence-corrected chi connectivity index (χ0v) is 10.3. The first-order chi connectivity index (χ1) is 9.22. The number of rotatable bonds is 2. The molecule has 0 radical (unpaired) electrons. The fraction of sp³-hybridized carbons (Fsp3) is 0.200. The number of hydrogen-bond donors (Lipinski definition) is 1. The average Bonchev–Trinajstić information content (AvgIpc) is 2.79. The number of nitrogens with two attached hydrogens (primary N) is 1. The molecular weight excluding hydrogens is 246 g/mol. The fourth-order valence-electron chi connectivity index (χ4n) is 2.69. The van der Waals surface area contributed by atoms with Gasteiger partial charge in [-0.2, -0.15) is 0 Å². The predicted octanol–water partition coefficient (Wildman–Crippen LogP) is 2.98. The van der Waals surface area contributed by atoms with Crippen molar-refractivity contribution >= 4 is 5.69 Å². The highest BCUT2D eigenvalue weighted by Crippen LogP contribution is 2.38. The van der Waals surface area contributed by atoms with Crippen molar-refractivity contribution in [3.63, 3.8) is 0 Å². The lowest BCUT2D eigenvalue weighted by Crippen LogP contribution is -2.28. The van der Waals surface area contributed by atoms with Crippen LogP contribution in [-0.2, 0) is 6.54 Å². The molecule has 1 unspecified atom stereocenters. The molecule has 19 heavy (non-hydrogen) atoms. The molecule has 4 heteroatoms. The molecule has 1 atom stereocenters. The lowest BCUT2D eigenvalue weighted by molar-refractivity contribution is 0.595. The monoisotopic (exact) mass is 260 g/mol. The molecule has 0 aromatic heterocycles. The van der Waals surface area contributed by atoms with Gasteiger partial charge < -0.3 is 10.6 Å². The molecule has 3 rings (SSSR count). The summed E-state index contributed by atoms with van der Waals surface area (Å²) in [6, 6.07) is 11.3. The highest BCUT2D eigenvalue weighted by Gasteiger charge is 2.32. The topological polar surface area (TPSA) is 29.3 Å². The van der Waals surface area contributed by atoms with Gasteiger partial charge in [0.2, 0.25) is 0 Å². The summed E-state index contributed by atoms with van der Waals surface area (Å²) in [6.45, 7) is 0.676. The first kappa shape index (κ1) is 12.1. The SMILES string of the molecule is NCC1c2cccc(F)c2CN1c1ccccc1F. The van der Waals surface area contributed by atoms with Crippen LogP contribution in [0, 0.1) is 11.6 Å². The summed E-state index contributed by atoms with van der Waals surface area (Å²) in [5.41, 5.74) is 7.72. The second-order valence-electron chi connectivity index (χ2n) is 4.64. The number of hydrogen-bond acceptors (Lipinski definition) is 2. The van der Waals surface area contributed by atoms with Gasteiger partial charge in [-0.25, -0.2) is 8.78 Å². The number of nitrogens with zero attached hydrogens (tertiary/aromatic N) is 1. The average molecular weight is 260 g/mol. The largest absolute Gasteiger partial charge is 0.356 e. The van der Waals surface area contributed by atoms with Crippen molar-refractivity contribution in [3.05, 3.63) is 65.2 Å². The zero-order valence-electron chi connectivity index (χ0n) is 10.3. The zero-order chi connectivity index (χ0) is 13.4. The third kappa shape index (κ3) is 1.88. The minimum atomic E-state index is -0.311. The lowest BCUT2D eigenvalue weighted by Gasteiger charge is -2.26. The van der Waals surface area contributed by atoms with Gasteiger partial charge in [0.25, 0.3) is 0 Å². The molecule has 0 fully saturated rings. The molecule has 0 saturated carbocycles. The van der Waals surface area contributed by atoms with Crippen LogP contribution < -0.4 is 10.6 Å². The van der Waals surface area contributed by atoms with E-state index in [9.17, 15) is 8.78 Å². The Bertz CT molecular complexity index is 613. The maximum Gasteiger partial charge on any atom is 0.146 e. The summed E-state index contributed by atoms with van der Waals surface area (Å²) < 4.78 is 27.7. The summed E-state index contributed by atoms with van der Waals surface area (Å²) in [5.74, 6) is -0.566. The first-order valence-electron chi connectivity index (χ1n) is 6.21. The van der Waals surface area contributed by atoms with Gasteiger partial charge in [0.15, 0.2) is 0 Å². The molecule has 0 amide bonds. The molecule has 2 N–H and O–H groups in total. The van der Waals surface area contributed by atoms with Gasteiger partial charge in [0.1, 0.15) is 11.6 Å². The van der Waals surface area contributed by atoms with E-state index in [0.717, 1.165) is 5.56 Å². The number of fused-ring (bicyclic) bond motifs is 1. The Morgan fingerprint density at radius 2 is 1.79 bits per heavy atom. The molecule has 1 aliphatic heterocycles. The van der Waals surface area contributed by atoms with Gasteiger partial charge in [-0.15, -0.1) is 0 Å². The Hall–Kier alpha value is -1.94. The molecule has 0 spiro atoms. The quantitative estimate of drug-likeness (QED) is 0.899. The Balaban J connectivity index is 2.07. The van der Waals surface area contributed by atoms with Crippen molar-refractivity contribution in [1.29, 1.82) is 0 Å². The second kappa shape index (κ2) is 4.63. The van der Waals surface area contributed by atoms with Crippen LogP contribution in [0.15, 0.2) is 42.5 Å². The Kier molecular flexibility index (Phi) is 2.95. The smallest absolute Gasteiger partial charge is 0.146 e. The fourth-order valence-corrected chi connectivity index (χ4v) is 2.69. The van der Waals surface area contributed by atoms with Crippen molar-refractivity contribution in [1.82, 2.24) is 0 Å². The van der Waals surface area contributed by atoms with Crippen molar-refractivity contribution in [2.75, 3.05) is 11.4 Å². The van der Waals surface area contributed by atoms with E-state index in [-0.39, 0.29) is 17.7 Å². The number of para-hydroxylation sites is 1.